The molecule has 1 N–H and O–H groups in total. The zero-order valence-corrected chi connectivity index (χ0v) is 11.6. The zero-order valence-electron chi connectivity index (χ0n) is 11.6. The summed E-state index contributed by atoms with van der Waals surface area (Å²) in [5.74, 6) is 0.450. The minimum atomic E-state index is -0.699. The van der Waals surface area contributed by atoms with Gasteiger partial charge < -0.3 is 9.72 Å². The van der Waals surface area contributed by atoms with Crippen LogP contribution in [0, 0.1) is 0 Å². The van der Waals surface area contributed by atoms with Gasteiger partial charge in [0.15, 0.2) is 0 Å². The van der Waals surface area contributed by atoms with E-state index in [0.29, 0.717) is 25.3 Å². The van der Waals surface area contributed by atoms with Crippen molar-refractivity contribution in [3.8, 4) is 0 Å². The highest BCUT2D eigenvalue weighted by atomic mass is 16.5. The SMILES string of the molecule is CCOC(=O)C(CC)(CC)c1nc2ccncc2[nH]1. The van der Waals surface area contributed by atoms with Gasteiger partial charge in [-0.15, -0.1) is 0 Å². The summed E-state index contributed by atoms with van der Waals surface area (Å²) in [7, 11) is 0. The first-order valence-corrected chi connectivity index (χ1v) is 6.65. The fraction of sp³-hybridized carbons (Fsp3) is 0.500. The summed E-state index contributed by atoms with van der Waals surface area (Å²) >= 11 is 0. The topological polar surface area (TPSA) is 67.9 Å². The van der Waals surface area contributed by atoms with E-state index in [4.69, 9.17) is 4.74 Å². The Hall–Kier alpha value is -1.91. The lowest BCUT2D eigenvalue weighted by Gasteiger charge is -2.26. The van der Waals surface area contributed by atoms with Crippen LogP contribution in [0.15, 0.2) is 18.5 Å². The maximum atomic E-state index is 12.3. The van der Waals surface area contributed by atoms with Gasteiger partial charge in [0.2, 0.25) is 0 Å². The van der Waals surface area contributed by atoms with E-state index in [1.165, 1.54) is 0 Å². The predicted octanol–water partition coefficient (Wildman–Crippen LogP) is 2.58. The van der Waals surface area contributed by atoms with E-state index in [-0.39, 0.29) is 5.97 Å². The van der Waals surface area contributed by atoms with E-state index >= 15 is 0 Å². The van der Waals surface area contributed by atoms with Gasteiger partial charge in [-0.05, 0) is 25.8 Å². The lowest BCUT2D eigenvalue weighted by molar-refractivity contribution is -0.150. The van der Waals surface area contributed by atoms with Crippen LogP contribution in [0.1, 0.15) is 39.4 Å². The number of aromatic amines is 1. The number of nitrogens with one attached hydrogen (secondary N) is 1. The van der Waals surface area contributed by atoms with Gasteiger partial charge in [-0.25, -0.2) is 4.98 Å². The lowest BCUT2D eigenvalue weighted by atomic mass is 9.81. The predicted molar refractivity (Wildman–Crippen MR) is 72.8 cm³/mol. The number of rotatable bonds is 5. The molecule has 2 aromatic rings. The van der Waals surface area contributed by atoms with Gasteiger partial charge in [-0.2, -0.15) is 0 Å². The minimum Gasteiger partial charge on any atom is -0.465 e. The highest BCUT2D eigenvalue weighted by molar-refractivity contribution is 5.84. The van der Waals surface area contributed by atoms with Crippen LogP contribution in [0.2, 0.25) is 0 Å². The molecule has 0 atom stereocenters. The number of hydrogen-bond acceptors (Lipinski definition) is 4. The highest BCUT2D eigenvalue weighted by Crippen LogP contribution is 2.32. The first kappa shape index (κ1) is 13.5. The maximum absolute atomic E-state index is 12.3. The van der Waals surface area contributed by atoms with Gasteiger partial charge >= 0.3 is 5.97 Å². The Morgan fingerprint density at radius 1 is 1.37 bits per heavy atom. The lowest BCUT2D eigenvalue weighted by Crippen LogP contribution is -2.37. The molecule has 0 fully saturated rings. The van der Waals surface area contributed by atoms with E-state index in [2.05, 4.69) is 15.0 Å². The molecular weight excluding hydrogens is 242 g/mol. The van der Waals surface area contributed by atoms with Gasteiger partial charge in [0.1, 0.15) is 11.2 Å². The molecule has 0 spiro atoms. The van der Waals surface area contributed by atoms with Gasteiger partial charge in [0, 0.05) is 6.20 Å². The Bertz CT molecular complexity index is 540. The van der Waals surface area contributed by atoms with Crippen LogP contribution >= 0.6 is 0 Å². The van der Waals surface area contributed by atoms with Crippen LogP contribution in [-0.2, 0) is 14.9 Å². The summed E-state index contributed by atoms with van der Waals surface area (Å²) in [5.41, 5.74) is 0.961. The van der Waals surface area contributed by atoms with Crippen molar-refractivity contribution in [3.05, 3.63) is 24.3 Å². The second-order valence-electron chi connectivity index (χ2n) is 4.49. The number of fused-ring (bicyclic) bond motifs is 1. The van der Waals surface area contributed by atoms with Crippen LogP contribution in [0.4, 0.5) is 0 Å². The quantitative estimate of drug-likeness (QED) is 0.840. The van der Waals surface area contributed by atoms with Crippen LogP contribution in [0.3, 0.4) is 0 Å². The number of H-pyrrole nitrogens is 1. The van der Waals surface area contributed by atoms with E-state index in [1.54, 1.807) is 12.4 Å². The summed E-state index contributed by atoms with van der Waals surface area (Å²) in [5, 5.41) is 0. The summed E-state index contributed by atoms with van der Waals surface area (Å²) in [6.07, 6.45) is 4.70. The summed E-state index contributed by atoms with van der Waals surface area (Å²) < 4.78 is 5.23. The second kappa shape index (κ2) is 5.38. The van der Waals surface area contributed by atoms with Crippen molar-refractivity contribution in [2.24, 2.45) is 0 Å². The van der Waals surface area contributed by atoms with Crippen molar-refractivity contribution in [1.29, 1.82) is 0 Å². The Morgan fingerprint density at radius 3 is 2.68 bits per heavy atom. The first-order valence-electron chi connectivity index (χ1n) is 6.65. The molecule has 0 bridgehead atoms. The Kier molecular flexibility index (Phi) is 3.83. The molecule has 0 saturated heterocycles. The van der Waals surface area contributed by atoms with Crippen LogP contribution in [0.25, 0.3) is 11.0 Å². The van der Waals surface area contributed by atoms with Crippen molar-refractivity contribution in [2.75, 3.05) is 6.61 Å². The average Bonchev–Trinajstić information content (AvgIpc) is 2.85. The molecule has 2 heterocycles. The highest BCUT2D eigenvalue weighted by Gasteiger charge is 2.41. The molecule has 0 unspecified atom stereocenters. The van der Waals surface area contributed by atoms with Crippen molar-refractivity contribution >= 4 is 17.0 Å². The molecule has 5 heteroatoms. The van der Waals surface area contributed by atoms with E-state index in [0.717, 1.165) is 11.0 Å². The number of hydrogen-bond donors (Lipinski definition) is 1. The zero-order chi connectivity index (χ0) is 13.9. The number of imidazole rings is 1. The third-order valence-electron chi connectivity index (χ3n) is 3.61. The number of carbonyl (C=O) groups is 1. The molecule has 2 aromatic heterocycles. The molecule has 0 radical (unpaired) electrons. The maximum Gasteiger partial charge on any atom is 0.319 e. The minimum absolute atomic E-state index is 0.216. The molecule has 2 rings (SSSR count). The molecule has 19 heavy (non-hydrogen) atoms. The van der Waals surface area contributed by atoms with Gasteiger partial charge in [-0.1, -0.05) is 13.8 Å². The smallest absolute Gasteiger partial charge is 0.319 e. The third-order valence-corrected chi connectivity index (χ3v) is 3.61. The first-order chi connectivity index (χ1) is 9.17. The summed E-state index contributed by atoms with van der Waals surface area (Å²) in [4.78, 5) is 24.1. The van der Waals surface area contributed by atoms with Crippen LogP contribution in [0.5, 0.6) is 0 Å². The van der Waals surface area contributed by atoms with Crippen molar-refractivity contribution < 1.29 is 9.53 Å². The van der Waals surface area contributed by atoms with Gasteiger partial charge in [0.25, 0.3) is 0 Å². The number of carbonyl (C=O) groups excluding carboxylic acids is 1. The molecule has 5 nitrogen and oxygen atoms in total. The van der Waals surface area contributed by atoms with E-state index < -0.39 is 5.41 Å². The molecule has 0 aliphatic carbocycles. The molecule has 0 aliphatic rings. The number of aromatic nitrogens is 3. The van der Waals surface area contributed by atoms with E-state index in [9.17, 15) is 4.79 Å². The molecular formula is C14H19N3O2. The summed E-state index contributed by atoms with van der Waals surface area (Å²) in [6, 6.07) is 1.83. The fourth-order valence-corrected chi connectivity index (χ4v) is 2.32. The van der Waals surface area contributed by atoms with Crippen molar-refractivity contribution in [3.63, 3.8) is 0 Å². The standard InChI is InChI=1S/C14H19N3O2/c1-4-14(5-2,13(18)19-6-3)12-16-10-7-8-15-9-11(10)17-12/h7-9H,4-6H2,1-3H3,(H,16,17). The molecule has 0 aromatic carbocycles. The number of nitrogens with zero attached hydrogens (tertiary/aromatic N) is 2. The molecule has 0 aliphatic heterocycles. The van der Waals surface area contributed by atoms with Crippen molar-refractivity contribution in [2.45, 2.75) is 39.0 Å². The third kappa shape index (κ3) is 2.20. The van der Waals surface area contributed by atoms with Crippen LogP contribution in [-0.4, -0.2) is 27.5 Å². The monoisotopic (exact) mass is 261 g/mol. The second-order valence-corrected chi connectivity index (χ2v) is 4.49. The molecule has 102 valence electrons. The Morgan fingerprint density at radius 2 is 2.11 bits per heavy atom. The average molecular weight is 261 g/mol. The van der Waals surface area contributed by atoms with Gasteiger partial charge in [0.05, 0.1) is 23.8 Å². The normalized spacial score (nSPS) is 11.7. The number of esters is 1. The van der Waals surface area contributed by atoms with E-state index in [1.807, 2.05) is 26.8 Å². The van der Waals surface area contributed by atoms with Gasteiger partial charge in [-0.3, -0.25) is 9.78 Å². The fourth-order valence-electron chi connectivity index (χ4n) is 2.32. The van der Waals surface area contributed by atoms with Crippen molar-refractivity contribution in [1.82, 2.24) is 15.0 Å². The number of ether oxygens (including phenoxy) is 1. The Labute approximate surface area is 112 Å². The number of pyridine rings is 1. The largest absolute Gasteiger partial charge is 0.465 e. The Balaban J connectivity index is 2.51. The summed E-state index contributed by atoms with van der Waals surface area (Å²) in [6.45, 7) is 6.15. The van der Waals surface area contributed by atoms with Crippen LogP contribution < -0.4 is 0 Å². The molecule has 0 saturated carbocycles. The molecule has 0 amide bonds.